The third-order valence-corrected chi connectivity index (χ3v) is 2.27. The minimum atomic E-state index is -0.268. The van der Waals surface area contributed by atoms with E-state index in [9.17, 15) is 4.79 Å². The van der Waals surface area contributed by atoms with Crippen LogP contribution in [0.3, 0.4) is 0 Å². The second kappa shape index (κ2) is 6.43. The summed E-state index contributed by atoms with van der Waals surface area (Å²) in [4.78, 5) is 11.6. The minimum absolute atomic E-state index is 0.0920. The molecule has 0 aromatic heterocycles. The molecular weight excluding hydrogens is 214 g/mol. The molecular formula is C11H14ClNO2. The molecule has 1 atom stereocenters. The van der Waals surface area contributed by atoms with Crippen molar-refractivity contribution in [1.82, 2.24) is 5.32 Å². The normalized spacial score (nSPS) is 12.1. The Labute approximate surface area is 94.1 Å². The van der Waals surface area contributed by atoms with Gasteiger partial charge >= 0.3 is 0 Å². The first-order valence-electron chi connectivity index (χ1n) is 4.80. The first kappa shape index (κ1) is 12.0. The smallest absolute Gasteiger partial charge is 0.251 e. The van der Waals surface area contributed by atoms with E-state index in [1.54, 1.807) is 24.3 Å². The van der Waals surface area contributed by atoms with Crippen molar-refractivity contribution in [3.63, 3.8) is 0 Å². The van der Waals surface area contributed by atoms with E-state index in [0.717, 1.165) is 0 Å². The molecule has 2 N–H and O–H groups in total. The van der Waals surface area contributed by atoms with Gasteiger partial charge in [0, 0.05) is 11.4 Å². The average molecular weight is 228 g/mol. The predicted octanol–water partition coefficient (Wildman–Crippen LogP) is 1.41. The third-order valence-electron chi connectivity index (χ3n) is 2.05. The molecule has 0 aliphatic rings. The molecule has 0 saturated heterocycles. The number of amides is 1. The molecule has 0 radical (unpaired) electrons. The summed E-state index contributed by atoms with van der Waals surface area (Å²) in [6.07, 6.45) is 0.566. The molecule has 0 spiro atoms. The monoisotopic (exact) mass is 227 g/mol. The molecule has 0 saturated carbocycles. The van der Waals surface area contributed by atoms with E-state index in [1.165, 1.54) is 0 Å². The van der Waals surface area contributed by atoms with E-state index >= 15 is 0 Å². The molecule has 1 amide bonds. The van der Waals surface area contributed by atoms with E-state index < -0.39 is 0 Å². The highest BCUT2D eigenvalue weighted by Gasteiger charge is 2.11. The van der Waals surface area contributed by atoms with Gasteiger partial charge in [0.05, 0.1) is 12.6 Å². The van der Waals surface area contributed by atoms with Crippen LogP contribution in [-0.4, -0.2) is 29.5 Å². The molecule has 15 heavy (non-hydrogen) atoms. The van der Waals surface area contributed by atoms with Gasteiger partial charge in [-0.05, 0) is 18.6 Å². The molecule has 0 aliphatic heterocycles. The van der Waals surface area contributed by atoms with Gasteiger partial charge in [0.1, 0.15) is 0 Å². The van der Waals surface area contributed by atoms with Crippen molar-refractivity contribution in [2.24, 2.45) is 0 Å². The van der Waals surface area contributed by atoms with Crippen LogP contribution in [0.4, 0.5) is 0 Å². The maximum Gasteiger partial charge on any atom is 0.251 e. The molecule has 1 aromatic rings. The van der Waals surface area contributed by atoms with E-state index in [-0.39, 0.29) is 18.6 Å². The molecule has 0 fully saturated rings. The van der Waals surface area contributed by atoms with Crippen molar-refractivity contribution in [3.05, 3.63) is 35.9 Å². The van der Waals surface area contributed by atoms with E-state index in [4.69, 9.17) is 16.7 Å². The van der Waals surface area contributed by atoms with Gasteiger partial charge in [-0.2, -0.15) is 0 Å². The predicted molar refractivity (Wildman–Crippen MR) is 60.1 cm³/mol. The second-order valence-corrected chi connectivity index (χ2v) is 3.57. The Morgan fingerprint density at radius 2 is 2.07 bits per heavy atom. The molecule has 0 heterocycles. The number of carbonyl (C=O) groups excluding carboxylic acids is 1. The van der Waals surface area contributed by atoms with Crippen LogP contribution in [0.2, 0.25) is 0 Å². The van der Waals surface area contributed by atoms with E-state index in [2.05, 4.69) is 5.32 Å². The Kier molecular flexibility index (Phi) is 5.15. The fraction of sp³-hybridized carbons (Fsp3) is 0.364. The Hall–Kier alpha value is -1.06. The highest BCUT2D eigenvalue weighted by molar-refractivity contribution is 6.17. The molecule has 1 aromatic carbocycles. The van der Waals surface area contributed by atoms with Crippen molar-refractivity contribution in [2.75, 3.05) is 12.5 Å². The van der Waals surface area contributed by atoms with Crippen molar-refractivity contribution < 1.29 is 9.90 Å². The Morgan fingerprint density at radius 3 is 2.60 bits per heavy atom. The van der Waals surface area contributed by atoms with Gasteiger partial charge in [-0.25, -0.2) is 0 Å². The van der Waals surface area contributed by atoms with Crippen LogP contribution in [0.5, 0.6) is 0 Å². The zero-order chi connectivity index (χ0) is 11.1. The lowest BCUT2D eigenvalue weighted by atomic mass is 10.2. The molecule has 1 unspecified atom stereocenters. The number of alkyl halides is 1. The highest BCUT2D eigenvalue weighted by Crippen LogP contribution is 2.00. The van der Waals surface area contributed by atoms with Crippen LogP contribution < -0.4 is 5.32 Å². The SMILES string of the molecule is O=C(NC(CO)CCCl)c1ccccc1. The van der Waals surface area contributed by atoms with Crippen LogP contribution in [0, 0.1) is 0 Å². The van der Waals surface area contributed by atoms with Crippen LogP contribution >= 0.6 is 11.6 Å². The highest BCUT2D eigenvalue weighted by atomic mass is 35.5. The van der Waals surface area contributed by atoms with E-state index in [1.807, 2.05) is 6.07 Å². The van der Waals surface area contributed by atoms with Crippen LogP contribution in [0.25, 0.3) is 0 Å². The molecule has 4 heteroatoms. The lowest BCUT2D eigenvalue weighted by molar-refractivity contribution is 0.0915. The van der Waals surface area contributed by atoms with Crippen molar-refractivity contribution in [2.45, 2.75) is 12.5 Å². The standard InChI is InChI=1S/C11H14ClNO2/c12-7-6-10(8-14)13-11(15)9-4-2-1-3-5-9/h1-5,10,14H,6-8H2,(H,13,15). The number of aliphatic hydroxyl groups excluding tert-OH is 1. The summed E-state index contributed by atoms with van der Waals surface area (Å²) in [7, 11) is 0. The Bertz CT molecular complexity index is 303. The summed E-state index contributed by atoms with van der Waals surface area (Å²) in [5.74, 6) is 0.236. The van der Waals surface area contributed by atoms with E-state index in [0.29, 0.717) is 17.9 Å². The maximum atomic E-state index is 11.6. The zero-order valence-electron chi connectivity index (χ0n) is 8.32. The van der Waals surface area contributed by atoms with Crippen LogP contribution in [0.1, 0.15) is 16.8 Å². The summed E-state index contributed by atoms with van der Waals surface area (Å²) in [6.45, 7) is -0.0920. The number of halogens is 1. The molecule has 0 bridgehead atoms. The molecule has 1 rings (SSSR count). The number of benzene rings is 1. The number of carbonyl (C=O) groups is 1. The molecule has 3 nitrogen and oxygen atoms in total. The van der Waals surface area contributed by atoms with Gasteiger partial charge in [-0.15, -0.1) is 11.6 Å². The Balaban J connectivity index is 2.55. The number of hydrogen-bond acceptors (Lipinski definition) is 2. The first-order valence-corrected chi connectivity index (χ1v) is 5.34. The molecule has 82 valence electrons. The van der Waals surface area contributed by atoms with Gasteiger partial charge < -0.3 is 10.4 Å². The summed E-state index contributed by atoms with van der Waals surface area (Å²) in [6, 6.07) is 8.62. The fourth-order valence-electron chi connectivity index (χ4n) is 1.20. The Morgan fingerprint density at radius 1 is 1.40 bits per heavy atom. The summed E-state index contributed by atoms with van der Waals surface area (Å²) < 4.78 is 0. The first-order chi connectivity index (χ1) is 7.27. The topological polar surface area (TPSA) is 49.3 Å². The van der Waals surface area contributed by atoms with Crippen molar-refractivity contribution >= 4 is 17.5 Å². The van der Waals surface area contributed by atoms with Gasteiger partial charge in [-0.3, -0.25) is 4.79 Å². The quantitative estimate of drug-likeness (QED) is 0.748. The van der Waals surface area contributed by atoms with Gasteiger partial charge in [0.2, 0.25) is 0 Å². The lowest BCUT2D eigenvalue weighted by Crippen LogP contribution is -2.37. The van der Waals surface area contributed by atoms with Crippen LogP contribution in [-0.2, 0) is 0 Å². The summed E-state index contributed by atoms with van der Waals surface area (Å²) in [5, 5.41) is 11.7. The lowest BCUT2D eigenvalue weighted by Gasteiger charge is -2.14. The largest absolute Gasteiger partial charge is 0.394 e. The number of nitrogens with one attached hydrogen (secondary N) is 1. The minimum Gasteiger partial charge on any atom is -0.394 e. The second-order valence-electron chi connectivity index (χ2n) is 3.20. The zero-order valence-corrected chi connectivity index (χ0v) is 9.07. The van der Waals surface area contributed by atoms with Gasteiger partial charge in [0.15, 0.2) is 0 Å². The summed E-state index contributed by atoms with van der Waals surface area (Å²) in [5.41, 5.74) is 0.588. The maximum absolute atomic E-state index is 11.6. The van der Waals surface area contributed by atoms with Crippen molar-refractivity contribution in [3.8, 4) is 0 Å². The van der Waals surface area contributed by atoms with Gasteiger partial charge in [-0.1, -0.05) is 18.2 Å². The molecule has 0 aliphatic carbocycles. The van der Waals surface area contributed by atoms with Crippen LogP contribution in [0.15, 0.2) is 30.3 Å². The van der Waals surface area contributed by atoms with Crippen molar-refractivity contribution in [1.29, 1.82) is 0 Å². The average Bonchev–Trinajstić information content (AvgIpc) is 2.29. The number of rotatable bonds is 5. The number of aliphatic hydroxyl groups is 1. The summed E-state index contributed by atoms with van der Waals surface area (Å²) >= 11 is 5.54. The number of hydrogen-bond donors (Lipinski definition) is 2. The third kappa shape index (κ3) is 3.90. The van der Waals surface area contributed by atoms with Gasteiger partial charge in [0.25, 0.3) is 5.91 Å². The fourth-order valence-corrected chi connectivity index (χ4v) is 1.46.